The minimum atomic E-state index is -0.982. The Kier molecular flexibility index (Phi) is 7.60. The van der Waals surface area contributed by atoms with Crippen molar-refractivity contribution in [1.29, 1.82) is 0 Å². The minimum absolute atomic E-state index is 0.172. The molecule has 0 unspecified atom stereocenters. The van der Waals surface area contributed by atoms with E-state index in [-0.39, 0.29) is 12.2 Å². The van der Waals surface area contributed by atoms with Crippen molar-refractivity contribution in [2.24, 2.45) is 0 Å². The zero-order valence-electron chi connectivity index (χ0n) is 17.3. The smallest absolute Gasteiger partial charge is 0.326 e. The first-order valence-electron chi connectivity index (χ1n) is 10.0. The number of carboxylic acids is 1. The highest BCUT2D eigenvalue weighted by Gasteiger charge is 2.18. The molecule has 3 aromatic carbocycles. The van der Waals surface area contributed by atoms with E-state index < -0.39 is 12.0 Å². The van der Waals surface area contributed by atoms with Gasteiger partial charge in [0, 0.05) is 23.8 Å². The first kappa shape index (κ1) is 21.8. The monoisotopic (exact) mass is 415 g/mol. The summed E-state index contributed by atoms with van der Waals surface area (Å²) in [6, 6.07) is 25.3. The number of hydrogen-bond acceptors (Lipinski definition) is 4. The van der Waals surface area contributed by atoms with Gasteiger partial charge in [0.05, 0.1) is 0 Å². The number of carboxylic acid groups (broad SMARTS) is 1. The first-order valence-corrected chi connectivity index (χ1v) is 10.0. The summed E-state index contributed by atoms with van der Waals surface area (Å²) in [5, 5.41) is 12.5. The lowest BCUT2D eigenvalue weighted by Crippen LogP contribution is -2.37. The second-order valence-corrected chi connectivity index (χ2v) is 7.22. The van der Waals surface area contributed by atoms with Crippen molar-refractivity contribution in [3.63, 3.8) is 0 Å². The maximum Gasteiger partial charge on any atom is 0.326 e. The molecule has 5 heteroatoms. The normalized spacial score (nSPS) is 12.1. The predicted octanol–water partition coefficient (Wildman–Crippen LogP) is 4.64. The Bertz CT molecular complexity index is 1030. The van der Waals surface area contributed by atoms with Crippen LogP contribution in [0.5, 0.6) is 5.75 Å². The van der Waals surface area contributed by atoms with Crippen LogP contribution in [0.4, 0.5) is 0 Å². The molecule has 31 heavy (non-hydrogen) atoms. The summed E-state index contributed by atoms with van der Waals surface area (Å²) in [6.45, 7) is 2.16. The molecule has 0 spiro atoms. The van der Waals surface area contributed by atoms with Gasteiger partial charge >= 0.3 is 5.97 Å². The van der Waals surface area contributed by atoms with Gasteiger partial charge < -0.3 is 15.2 Å². The van der Waals surface area contributed by atoms with Crippen LogP contribution in [0.3, 0.4) is 0 Å². The summed E-state index contributed by atoms with van der Waals surface area (Å²) in [7, 11) is 0. The van der Waals surface area contributed by atoms with Gasteiger partial charge in [-0.05, 0) is 30.2 Å². The van der Waals surface area contributed by atoms with E-state index in [0.29, 0.717) is 17.9 Å². The van der Waals surface area contributed by atoms with E-state index in [1.54, 1.807) is 31.2 Å². The predicted molar refractivity (Wildman–Crippen MR) is 120 cm³/mol. The van der Waals surface area contributed by atoms with Crippen LogP contribution in [0.2, 0.25) is 0 Å². The Hall–Kier alpha value is -3.86. The summed E-state index contributed by atoms with van der Waals surface area (Å²) in [4.78, 5) is 24.0. The van der Waals surface area contributed by atoms with E-state index in [2.05, 4.69) is 5.32 Å². The van der Waals surface area contributed by atoms with Crippen LogP contribution >= 0.6 is 0 Å². The summed E-state index contributed by atoms with van der Waals surface area (Å²) < 4.78 is 5.77. The van der Waals surface area contributed by atoms with Gasteiger partial charge in [-0.25, -0.2) is 4.79 Å². The van der Waals surface area contributed by atoms with Gasteiger partial charge in [-0.15, -0.1) is 0 Å². The molecule has 0 bridgehead atoms. The van der Waals surface area contributed by atoms with E-state index in [4.69, 9.17) is 4.74 Å². The van der Waals surface area contributed by atoms with Crippen molar-refractivity contribution in [3.05, 3.63) is 113 Å². The standard InChI is InChI=1S/C26H25NO4/c1-19(16-25(28)22-10-6-3-7-11-22)27-24(26(29)30)17-20-12-14-23(15-13-20)31-18-21-8-4-2-5-9-21/h2-16,24,27H,17-18H2,1H3,(H,29,30)/b19-16+/t24-/m0/s1. The third-order valence-corrected chi connectivity index (χ3v) is 4.72. The third kappa shape index (κ3) is 6.85. The highest BCUT2D eigenvalue weighted by molar-refractivity contribution is 6.04. The van der Waals surface area contributed by atoms with Crippen molar-refractivity contribution >= 4 is 11.8 Å². The van der Waals surface area contributed by atoms with Crippen LogP contribution in [0, 0.1) is 0 Å². The number of ether oxygens (including phenoxy) is 1. The average molecular weight is 415 g/mol. The fourth-order valence-corrected chi connectivity index (χ4v) is 3.10. The SMILES string of the molecule is C/C(=C\C(=O)c1ccccc1)N[C@@H](Cc1ccc(OCc2ccccc2)cc1)C(=O)O. The minimum Gasteiger partial charge on any atom is -0.489 e. The van der Waals surface area contributed by atoms with Crippen LogP contribution in [-0.4, -0.2) is 22.9 Å². The number of nitrogens with one attached hydrogen (secondary N) is 1. The van der Waals surface area contributed by atoms with Crippen molar-refractivity contribution in [2.75, 3.05) is 0 Å². The van der Waals surface area contributed by atoms with Gasteiger partial charge in [0.15, 0.2) is 5.78 Å². The summed E-state index contributed by atoms with van der Waals surface area (Å²) in [5.41, 5.74) is 2.99. The van der Waals surface area contributed by atoms with Gasteiger partial charge in [0.1, 0.15) is 18.4 Å². The molecule has 0 saturated carbocycles. The Labute approximate surface area is 182 Å². The molecule has 3 aromatic rings. The fraction of sp³-hybridized carbons (Fsp3) is 0.154. The zero-order valence-corrected chi connectivity index (χ0v) is 17.3. The molecule has 0 aliphatic rings. The summed E-state index contributed by atoms with van der Waals surface area (Å²) in [5.74, 6) is -0.434. The lowest BCUT2D eigenvalue weighted by atomic mass is 10.0. The van der Waals surface area contributed by atoms with E-state index in [0.717, 1.165) is 16.9 Å². The van der Waals surface area contributed by atoms with Crippen LogP contribution in [0.25, 0.3) is 0 Å². The maximum absolute atomic E-state index is 12.3. The molecular formula is C26H25NO4. The fourth-order valence-electron chi connectivity index (χ4n) is 3.10. The summed E-state index contributed by atoms with van der Waals surface area (Å²) in [6.07, 6.45) is 1.70. The van der Waals surface area contributed by atoms with Gasteiger partial charge in [0.25, 0.3) is 0 Å². The van der Waals surface area contributed by atoms with Gasteiger partial charge in [-0.1, -0.05) is 72.8 Å². The molecule has 158 valence electrons. The molecule has 0 amide bonds. The van der Waals surface area contributed by atoms with Gasteiger partial charge in [0.2, 0.25) is 0 Å². The number of rotatable bonds is 10. The van der Waals surface area contributed by atoms with Crippen LogP contribution in [0.1, 0.15) is 28.4 Å². The van der Waals surface area contributed by atoms with Crippen molar-refractivity contribution < 1.29 is 19.4 Å². The third-order valence-electron chi connectivity index (χ3n) is 4.72. The number of hydrogen-bond donors (Lipinski definition) is 2. The molecular weight excluding hydrogens is 390 g/mol. The topological polar surface area (TPSA) is 75.6 Å². The molecule has 5 nitrogen and oxygen atoms in total. The first-order chi connectivity index (χ1) is 15.0. The Morgan fingerprint density at radius 2 is 1.52 bits per heavy atom. The van der Waals surface area contributed by atoms with E-state index >= 15 is 0 Å². The quantitative estimate of drug-likeness (QED) is 0.373. The van der Waals surface area contributed by atoms with Crippen LogP contribution < -0.4 is 10.1 Å². The molecule has 0 aromatic heterocycles. The molecule has 0 saturated heterocycles. The largest absolute Gasteiger partial charge is 0.489 e. The van der Waals surface area contributed by atoms with Gasteiger partial charge in [-0.3, -0.25) is 4.79 Å². The average Bonchev–Trinajstić information content (AvgIpc) is 2.79. The Balaban J connectivity index is 1.58. The number of aliphatic carboxylic acids is 1. The van der Waals surface area contributed by atoms with E-state index in [1.807, 2.05) is 60.7 Å². The van der Waals surface area contributed by atoms with Crippen molar-refractivity contribution in [1.82, 2.24) is 5.32 Å². The highest BCUT2D eigenvalue weighted by atomic mass is 16.5. The molecule has 0 fully saturated rings. The molecule has 2 N–H and O–H groups in total. The van der Waals surface area contributed by atoms with Crippen molar-refractivity contribution in [2.45, 2.75) is 26.0 Å². The lowest BCUT2D eigenvalue weighted by Gasteiger charge is -2.16. The highest BCUT2D eigenvalue weighted by Crippen LogP contribution is 2.16. The van der Waals surface area contributed by atoms with Crippen LogP contribution in [0.15, 0.2) is 96.7 Å². The number of allylic oxidation sites excluding steroid dienone is 2. The second kappa shape index (κ2) is 10.8. The van der Waals surface area contributed by atoms with Crippen LogP contribution in [-0.2, 0) is 17.8 Å². The molecule has 3 rings (SSSR count). The number of carbonyl (C=O) groups excluding carboxylic acids is 1. The maximum atomic E-state index is 12.3. The second-order valence-electron chi connectivity index (χ2n) is 7.22. The number of ketones is 1. The van der Waals surface area contributed by atoms with E-state index in [9.17, 15) is 14.7 Å². The Morgan fingerprint density at radius 3 is 2.13 bits per heavy atom. The zero-order chi connectivity index (χ0) is 22.1. The van der Waals surface area contributed by atoms with E-state index in [1.165, 1.54) is 6.08 Å². The number of benzene rings is 3. The lowest BCUT2D eigenvalue weighted by molar-refractivity contribution is -0.139. The molecule has 0 radical (unpaired) electrons. The molecule has 0 aliphatic heterocycles. The molecule has 0 heterocycles. The van der Waals surface area contributed by atoms with Crippen molar-refractivity contribution in [3.8, 4) is 5.75 Å². The molecule has 1 atom stereocenters. The Morgan fingerprint density at radius 1 is 0.903 bits per heavy atom. The summed E-state index contributed by atoms with van der Waals surface area (Å²) >= 11 is 0. The number of carbonyl (C=O) groups is 2. The molecule has 0 aliphatic carbocycles. The van der Waals surface area contributed by atoms with Gasteiger partial charge in [-0.2, -0.15) is 0 Å².